The second-order valence-electron chi connectivity index (χ2n) is 6.35. The van der Waals surface area contributed by atoms with E-state index in [9.17, 15) is 9.59 Å². The Balaban J connectivity index is 2.02. The smallest absolute Gasteiger partial charge is 0.328 e. The second-order valence-corrected chi connectivity index (χ2v) is 6.35. The van der Waals surface area contributed by atoms with Crippen LogP contribution in [0.1, 0.15) is 47.7 Å². The molecule has 0 fully saturated rings. The Morgan fingerprint density at radius 3 is 2.20 bits per heavy atom. The van der Waals surface area contributed by atoms with Crippen molar-refractivity contribution >= 4 is 11.9 Å². The number of hydrogen-bond acceptors (Lipinski definition) is 3. The first-order valence-corrected chi connectivity index (χ1v) is 8.54. The zero-order valence-corrected chi connectivity index (χ0v) is 15.0. The lowest BCUT2D eigenvalue weighted by Gasteiger charge is -2.17. The van der Waals surface area contributed by atoms with E-state index in [1.807, 2.05) is 42.5 Å². The molecule has 0 aliphatic heterocycles. The predicted molar refractivity (Wildman–Crippen MR) is 98.6 cm³/mol. The molecule has 0 aliphatic rings. The molecule has 2 aromatic rings. The topological polar surface area (TPSA) is 55.4 Å². The van der Waals surface area contributed by atoms with E-state index in [2.05, 4.69) is 19.2 Å². The molecule has 132 valence electrons. The summed E-state index contributed by atoms with van der Waals surface area (Å²) in [6, 6.07) is 16.7. The molecule has 4 heteroatoms. The van der Waals surface area contributed by atoms with Crippen LogP contribution in [0, 0.1) is 0 Å². The number of methoxy groups -OCH3 is 1. The summed E-state index contributed by atoms with van der Waals surface area (Å²) in [6.07, 6.45) is 1.18. The number of carbonyl (C=O) groups excluding carboxylic acids is 2. The first-order valence-electron chi connectivity index (χ1n) is 8.54. The molecule has 0 saturated heterocycles. The van der Waals surface area contributed by atoms with Gasteiger partial charge < -0.3 is 10.1 Å². The van der Waals surface area contributed by atoms with Crippen molar-refractivity contribution < 1.29 is 14.3 Å². The van der Waals surface area contributed by atoms with Gasteiger partial charge in [-0.25, -0.2) is 4.79 Å². The Labute approximate surface area is 149 Å². The highest BCUT2D eigenvalue weighted by Gasteiger charge is 2.22. The van der Waals surface area contributed by atoms with Crippen LogP contribution in [0.5, 0.6) is 0 Å². The van der Waals surface area contributed by atoms with Crippen LogP contribution in [0.3, 0.4) is 0 Å². The number of esters is 1. The quantitative estimate of drug-likeness (QED) is 0.782. The van der Waals surface area contributed by atoms with Gasteiger partial charge in [0.15, 0.2) is 0 Å². The Bertz CT molecular complexity index is 693. The Morgan fingerprint density at radius 1 is 1.00 bits per heavy atom. The average Bonchev–Trinajstić information content (AvgIpc) is 2.65. The molecule has 0 bridgehead atoms. The minimum absolute atomic E-state index is 0.265. The fourth-order valence-corrected chi connectivity index (χ4v) is 2.61. The molecule has 0 spiro atoms. The zero-order chi connectivity index (χ0) is 18.2. The first-order chi connectivity index (χ1) is 12.0. The van der Waals surface area contributed by atoms with Crippen LogP contribution in [0.2, 0.25) is 0 Å². The maximum atomic E-state index is 12.4. The fourth-order valence-electron chi connectivity index (χ4n) is 2.61. The minimum Gasteiger partial charge on any atom is -0.467 e. The van der Waals surface area contributed by atoms with Crippen molar-refractivity contribution in [3.8, 4) is 0 Å². The lowest BCUT2D eigenvalue weighted by molar-refractivity contribution is -0.143. The standard InChI is InChI=1S/C21H25NO3/c1-15(2)17-10-12-18(13-11-17)20(23)22-19(21(24)25-3)14-9-16-7-5-4-6-8-16/h4-8,10-13,15,19H,9,14H2,1-3H3,(H,22,23)/t19-/m0/s1. The van der Waals surface area contributed by atoms with Crippen molar-refractivity contribution in [1.82, 2.24) is 5.32 Å². The van der Waals surface area contributed by atoms with Crippen molar-refractivity contribution in [2.45, 2.75) is 38.6 Å². The van der Waals surface area contributed by atoms with Crippen LogP contribution < -0.4 is 5.32 Å². The lowest BCUT2D eigenvalue weighted by Crippen LogP contribution is -2.41. The van der Waals surface area contributed by atoms with Gasteiger partial charge in [0, 0.05) is 5.56 Å². The molecule has 4 nitrogen and oxygen atoms in total. The molecule has 0 unspecified atom stereocenters. The molecule has 2 rings (SSSR count). The van der Waals surface area contributed by atoms with Crippen molar-refractivity contribution in [2.24, 2.45) is 0 Å². The third-order valence-corrected chi connectivity index (χ3v) is 4.20. The highest BCUT2D eigenvalue weighted by Crippen LogP contribution is 2.15. The highest BCUT2D eigenvalue weighted by atomic mass is 16.5. The number of carbonyl (C=O) groups is 2. The monoisotopic (exact) mass is 339 g/mol. The third kappa shape index (κ3) is 5.45. The largest absolute Gasteiger partial charge is 0.467 e. The SMILES string of the molecule is COC(=O)[C@H](CCc1ccccc1)NC(=O)c1ccc(C(C)C)cc1. The van der Waals surface area contributed by atoms with Crippen LogP contribution in [0.25, 0.3) is 0 Å². The Morgan fingerprint density at radius 2 is 1.64 bits per heavy atom. The first kappa shape index (κ1) is 18.7. The van der Waals surface area contributed by atoms with Gasteiger partial charge in [0.1, 0.15) is 6.04 Å². The van der Waals surface area contributed by atoms with Crippen molar-refractivity contribution in [3.05, 3.63) is 71.3 Å². The maximum absolute atomic E-state index is 12.4. The highest BCUT2D eigenvalue weighted by molar-refractivity contribution is 5.96. The normalized spacial score (nSPS) is 11.8. The summed E-state index contributed by atoms with van der Waals surface area (Å²) in [4.78, 5) is 24.5. The van der Waals surface area contributed by atoms with Crippen LogP contribution >= 0.6 is 0 Å². The molecular formula is C21H25NO3. The van der Waals surface area contributed by atoms with E-state index in [1.165, 1.54) is 12.7 Å². The molecule has 0 heterocycles. The van der Waals surface area contributed by atoms with Crippen LogP contribution in [0.15, 0.2) is 54.6 Å². The predicted octanol–water partition coefficient (Wildman–Crippen LogP) is 3.71. The molecular weight excluding hydrogens is 314 g/mol. The number of ether oxygens (including phenoxy) is 1. The summed E-state index contributed by atoms with van der Waals surface area (Å²) in [5, 5.41) is 2.79. The molecule has 25 heavy (non-hydrogen) atoms. The van der Waals surface area contributed by atoms with Gasteiger partial charge in [0.25, 0.3) is 5.91 Å². The van der Waals surface area contributed by atoms with E-state index < -0.39 is 12.0 Å². The number of benzene rings is 2. The Kier molecular flexibility index (Phi) is 6.75. The lowest BCUT2D eigenvalue weighted by atomic mass is 10.0. The van der Waals surface area contributed by atoms with Crippen molar-refractivity contribution in [2.75, 3.05) is 7.11 Å². The molecule has 1 atom stereocenters. The zero-order valence-electron chi connectivity index (χ0n) is 15.0. The molecule has 0 radical (unpaired) electrons. The van der Waals surface area contributed by atoms with E-state index in [0.29, 0.717) is 24.3 Å². The van der Waals surface area contributed by atoms with Crippen molar-refractivity contribution in [3.63, 3.8) is 0 Å². The maximum Gasteiger partial charge on any atom is 0.328 e. The Hall–Kier alpha value is -2.62. The number of aryl methyl sites for hydroxylation is 1. The van der Waals surface area contributed by atoms with E-state index >= 15 is 0 Å². The van der Waals surface area contributed by atoms with Gasteiger partial charge in [-0.05, 0) is 42.0 Å². The number of nitrogens with one attached hydrogen (secondary N) is 1. The van der Waals surface area contributed by atoms with Gasteiger partial charge in [-0.1, -0.05) is 56.3 Å². The summed E-state index contributed by atoms with van der Waals surface area (Å²) in [7, 11) is 1.33. The molecule has 1 N–H and O–H groups in total. The number of rotatable bonds is 7. The van der Waals surface area contributed by atoms with Crippen LogP contribution in [-0.4, -0.2) is 25.0 Å². The molecule has 0 aromatic heterocycles. The van der Waals surface area contributed by atoms with Gasteiger partial charge in [-0.3, -0.25) is 4.79 Å². The summed E-state index contributed by atoms with van der Waals surface area (Å²) in [5.74, 6) is -0.285. The van der Waals surface area contributed by atoms with Crippen molar-refractivity contribution in [1.29, 1.82) is 0 Å². The van der Waals surface area contributed by atoms with E-state index in [0.717, 1.165) is 5.56 Å². The third-order valence-electron chi connectivity index (χ3n) is 4.20. The van der Waals surface area contributed by atoms with E-state index in [-0.39, 0.29) is 5.91 Å². The summed E-state index contributed by atoms with van der Waals surface area (Å²) < 4.78 is 4.83. The fraction of sp³-hybridized carbons (Fsp3) is 0.333. The summed E-state index contributed by atoms with van der Waals surface area (Å²) in [6.45, 7) is 4.21. The van der Waals surface area contributed by atoms with Gasteiger partial charge in [-0.2, -0.15) is 0 Å². The van der Waals surface area contributed by atoms with Gasteiger partial charge >= 0.3 is 5.97 Å². The second kappa shape index (κ2) is 9.02. The minimum atomic E-state index is -0.664. The van der Waals surface area contributed by atoms with Gasteiger partial charge in [0.2, 0.25) is 0 Å². The molecule has 2 aromatic carbocycles. The van der Waals surface area contributed by atoms with E-state index in [1.54, 1.807) is 12.1 Å². The van der Waals surface area contributed by atoms with Crippen LogP contribution in [-0.2, 0) is 16.0 Å². The van der Waals surface area contributed by atoms with Gasteiger partial charge in [-0.15, -0.1) is 0 Å². The number of amides is 1. The molecule has 0 saturated carbocycles. The molecule has 1 amide bonds. The van der Waals surface area contributed by atoms with Gasteiger partial charge in [0.05, 0.1) is 7.11 Å². The summed E-state index contributed by atoms with van der Waals surface area (Å²) >= 11 is 0. The van der Waals surface area contributed by atoms with Crippen LogP contribution in [0.4, 0.5) is 0 Å². The average molecular weight is 339 g/mol. The number of hydrogen-bond donors (Lipinski definition) is 1. The summed E-state index contributed by atoms with van der Waals surface area (Å²) in [5.41, 5.74) is 2.83. The van der Waals surface area contributed by atoms with E-state index in [4.69, 9.17) is 4.74 Å². The molecule has 0 aliphatic carbocycles.